The van der Waals surface area contributed by atoms with Crippen molar-refractivity contribution in [2.24, 2.45) is 5.14 Å². The molecule has 6 nitrogen and oxygen atoms in total. The maximum absolute atomic E-state index is 12.1. The number of halogens is 1. The summed E-state index contributed by atoms with van der Waals surface area (Å²) in [5.74, 6) is -0.197. The van der Waals surface area contributed by atoms with E-state index in [-0.39, 0.29) is 17.2 Å². The van der Waals surface area contributed by atoms with Gasteiger partial charge in [-0.3, -0.25) is 4.79 Å². The molecule has 0 fully saturated rings. The Morgan fingerprint density at radius 2 is 1.71 bits per heavy atom. The van der Waals surface area contributed by atoms with Crippen LogP contribution in [-0.2, 0) is 26.2 Å². The monoisotopic (exact) mass is 501 g/mol. The molecule has 3 aromatic carbocycles. The van der Waals surface area contributed by atoms with Crippen molar-refractivity contribution in [2.75, 3.05) is 6.61 Å². The first-order valence-corrected chi connectivity index (χ1v) is 12.8. The molecule has 0 spiro atoms. The summed E-state index contributed by atoms with van der Waals surface area (Å²) in [6, 6.07) is 19.0. The number of esters is 1. The molecule has 0 amide bonds. The quantitative estimate of drug-likeness (QED) is 0.391. The minimum atomic E-state index is -4.09. The molecule has 3 rings (SSSR count). The summed E-state index contributed by atoms with van der Waals surface area (Å²) in [7, 11) is -4.09. The molecule has 34 heavy (non-hydrogen) atoms. The number of ether oxygens (including phenoxy) is 2. The molecule has 2 N–H and O–H groups in total. The van der Waals surface area contributed by atoms with Gasteiger partial charge in [0.25, 0.3) is 0 Å². The Bertz CT molecular complexity index is 1270. The van der Waals surface area contributed by atoms with Gasteiger partial charge in [0.15, 0.2) is 0 Å². The number of hydrogen-bond acceptors (Lipinski definition) is 5. The highest BCUT2D eigenvalue weighted by Crippen LogP contribution is 2.34. The Balaban J connectivity index is 1.78. The highest BCUT2D eigenvalue weighted by molar-refractivity contribution is 7.89. The predicted octanol–water partition coefficient (Wildman–Crippen LogP) is 5.49. The first-order chi connectivity index (χ1) is 16.1. The number of rotatable bonds is 9. The van der Waals surface area contributed by atoms with Gasteiger partial charge in [0.2, 0.25) is 10.0 Å². The minimum Gasteiger partial charge on any atom is -0.489 e. The highest BCUT2D eigenvalue weighted by atomic mass is 35.5. The van der Waals surface area contributed by atoms with Crippen LogP contribution in [0.1, 0.15) is 40.8 Å². The summed E-state index contributed by atoms with van der Waals surface area (Å²) >= 11 is 6.36. The van der Waals surface area contributed by atoms with Gasteiger partial charge in [-0.2, -0.15) is 0 Å². The number of carbonyl (C=O) groups is 1. The van der Waals surface area contributed by atoms with Crippen LogP contribution in [0.3, 0.4) is 0 Å². The van der Waals surface area contributed by atoms with Crippen molar-refractivity contribution in [3.63, 3.8) is 0 Å². The summed E-state index contributed by atoms with van der Waals surface area (Å²) in [6.45, 7) is 6.26. The molecule has 0 aliphatic rings. The Hall–Kier alpha value is -2.87. The van der Waals surface area contributed by atoms with E-state index in [0.29, 0.717) is 12.4 Å². The van der Waals surface area contributed by atoms with Crippen LogP contribution in [0.5, 0.6) is 5.75 Å². The van der Waals surface area contributed by atoms with E-state index in [1.807, 2.05) is 18.2 Å². The molecule has 0 aliphatic carbocycles. The van der Waals surface area contributed by atoms with E-state index >= 15 is 0 Å². The number of benzene rings is 3. The maximum Gasteiger partial charge on any atom is 0.307 e. The van der Waals surface area contributed by atoms with Gasteiger partial charge in [0.1, 0.15) is 17.6 Å². The second kappa shape index (κ2) is 11.0. The number of aryl methyl sites for hydroxylation is 2. The molecular weight excluding hydrogens is 474 g/mol. The minimum absolute atomic E-state index is 0.140. The average molecular weight is 502 g/mol. The number of nitrogens with two attached hydrogens (primary N) is 1. The Morgan fingerprint density at radius 3 is 2.32 bits per heavy atom. The van der Waals surface area contributed by atoms with Crippen LogP contribution in [0.4, 0.5) is 0 Å². The first-order valence-electron chi connectivity index (χ1n) is 10.8. The zero-order chi connectivity index (χ0) is 24.9. The molecule has 1 unspecified atom stereocenters. The van der Waals surface area contributed by atoms with E-state index in [4.69, 9.17) is 26.2 Å². The van der Waals surface area contributed by atoms with Crippen LogP contribution in [0.25, 0.3) is 11.1 Å². The lowest BCUT2D eigenvalue weighted by Gasteiger charge is -2.17. The van der Waals surface area contributed by atoms with Crippen molar-refractivity contribution in [1.82, 2.24) is 0 Å². The molecule has 8 heteroatoms. The third-order valence-electron chi connectivity index (χ3n) is 5.48. The van der Waals surface area contributed by atoms with Crippen molar-refractivity contribution in [3.8, 4) is 16.9 Å². The molecule has 1 atom stereocenters. The number of primary sulfonamides is 1. The summed E-state index contributed by atoms with van der Waals surface area (Å²) in [6.07, 6.45) is -0.419. The normalized spacial score (nSPS) is 12.3. The fourth-order valence-corrected chi connectivity index (χ4v) is 5.18. The van der Waals surface area contributed by atoms with Crippen LogP contribution in [-0.4, -0.2) is 21.0 Å². The molecule has 180 valence electrons. The molecule has 0 heterocycles. The van der Waals surface area contributed by atoms with E-state index in [0.717, 1.165) is 11.1 Å². The summed E-state index contributed by atoms with van der Waals surface area (Å²) in [4.78, 5) is 11.9. The Kier molecular flexibility index (Phi) is 8.36. The van der Waals surface area contributed by atoms with Crippen LogP contribution in [0.15, 0.2) is 60.7 Å². The van der Waals surface area contributed by atoms with Gasteiger partial charge in [-0.05, 0) is 72.4 Å². The van der Waals surface area contributed by atoms with Crippen LogP contribution in [0, 0.1) is 13.8 Å². The second-order valence-corrected chi connectivity index (χ2v) is 10.2. The standard InChI is InChI=1S/C26H28ClNO5S/c1-4-32-25(29)15-24(34(28,30)31)22-12-11-21(14-23(22)27)33-16-19-9-6-10-20(13-19)26-17(2)7-5-8-18(26)3/h5-14,24H,4,15-16H2,1-3H3,(H2,28,30,31). The summed E-state index contributed by atoms with van der Waals surface area (Å²) in [5, 5.41) is 4.20. The fraction of sp³-hybridized carbons (Fsp3) is 0.269. The van der Waals surface area contributed by atoms with Crippen LogP contribution < -0.4 is 9.88 Å². The van der Waals surface area contributed by atoms with Crippen LogP contribution >= 0.6 is 11.6 Å². The average Bonchev–Trinajstić information content (AvgIpc) is 2.76. The second-order valence-electron chi connectivity index (χ2n) is 8.03. The van der Waals surface area contributed by atoms with E-state index in [9.17, 15) is 13.2 Å². The number of hydrogen-bond donors (Lipinski definition) is 1. The van der Waals surface area contributed by atoms with E-state index in [1.54, 1.807) is 13.0 Å². The number of carbonyl (C=O) groups excluding carboxylic acids is 1. The van der Waals surface area contributed by atoms with E-state index in [1.165, 1.54) is 28.8 Å². The Labute approximate surface area is 205 Å². The van der Waals surface area contributed by atoms with Crippen molar-refractivity contribution in [3.05, 3.63) is 87.9 Å². The van der Waals surface area contributed by atoms with Gasteiger partial charge in [-0.15, -0.1) is 0 Å². The third-order valence-corrected chi connectivity index (χ3v) is 7.02. The van der Waals surface area contributed by atoms with Gasteiger partial charge in [-0.25, -0.2) is 13.6 Å². The Morgan fingerprint density at radius 1 is 1.03 bits per heavy atom. The van der Waals surface area contributed by atoms with E-state index < -0.39 is 27.7 Å². The molecule has 0 saturated heterocycles. The molecule has 0 radical (unpaired) electrons. The number of sulfonamides is 1. The molecule has 0 saturated carbocycles. The van der Waals surface area contributed by atoms with Gasteiger partial charge in [0.05, 0.1) is 13.0 Å². The van der Waals surface area contributed by atoms with Gasteiger partial charge < -0.3 is 9.47 Å². The highest BCUT2D eigenvalue weighted by Gasteiger charge is 2.29. The molecule has 0 bridgehead atoms. The van der Waals surface area contributed by atoms with Gasteiger partial charge >= 0.3 is 5.97 Å². The molecule has 0 aliphatic heterocycles. The molecule has 0 aromatic heterocycles. The lowest BCUT2D eigenvalue weighted by molar-refractivity contribution is -0.143. The van der Waals surface area contributed by atoms with Crippen molar-refractivity contribution < 1.29 is 22.7 Å². The van der Waals surface area contributed by atoms with Gasteiger partial charge in [0, 0.05) is 5.02 Å². The van der Waals surface area contributed by atoms with Crippen molar-refractivity contribution in [2.45, 2.75) is 39.0 Å². The molecular formula is C26H28ClNO5S. The topological polar surface area (TPSA) is 95.7 Å². The lowest BCUT2D eigenvalue weighted by atomic mass is 9.95. The summed E-state index contributed by atoms with van der Waals surface area (Å²) < 4.78 is 35.0. The lowest BCUT2D eigenvalue weighted by Crippen LogP contribution is -2.25. The first kappa shape index (κ1) is 25.7. The van der Waals surface area contributed by atoms with Gasteiger partial charge in [-0.1, -0.05) is 54.1 Å². The molecule has 3 aromatic rings. The largest absolute Gasteiger partial charge is 0.489 e. The third kappa shape index (κ3) is 6.38. The van der Waals surface area contributed by atoms with Crippen LogP contribution in [0.2, 0.25) is 5.02 Å². The SMILES string of the molecule is CCOC(=O)CC(c1ccc(OCc2cccc(-c3c(C)cccc3C)c2)cc1Cl)S(N)(=O)=O. The maximum atomic E-state index is 12.1. The zero-order valence-corrected chi connectivity index (χ0v) is 20.9. The zero-order valence-electron chi connectivity index (χ0n) is 19.4. The van der Waals surface area contributed by atoms with Crippen molar-refractivity contribution in [1.29, 1.82) is 0 Å². The van der Waals surface area contributed by atoms with E-state index in [2.05, 4.69) is 38.1 Å². The fourth-order valence-electron chi connectivity index (χ4n) is 3.89. The predicted molar refractivity (Wildman–Crippen MR) is 134 cm³/mol. The van der Waals surface area contributed by atoms with Crippen molar-refractivity contribution >= 4 is 27.6 Å². The smallest absolute Gasteiger partial charge is 0.307 e. The summed E-state index contributed by atoms with van der Waals surface area (Å²) in [5.41, 5.74) is 5.92.